The van der Waals surface area contributed by atoms with Gasteiger partial charge < -0.3 is 15.2 Å². The number of hydrogen-bond donors (Lipinski definition) is 1. The predicted octanol–water partition coefficient (Wildman–Crippen LogP) is 3.25. The zero-order valence-corrected chi connectivity index (χ0v) is 14.9. The Hall–Kier alpha value is -1.66. The first-order valence-electron chi connectivity index (χ1n) is 7.38. The van der Waals surface area contributed by atoms with E-state index in [1.807, 2.05) is 0 Å². The summed E-state index contributed by atoms with van der Waals surface area (Å²) in [4.78, 5) is 24.9. The number of anilines is 1. The molecule has 6 heteroatoms. The summed E-state index contributed by atoms with van der Waals surface area (Å²) in [5, 5.41) is 14.7. The molecule has 1 aliphatic rings. The van der Waals surface area contributed by atoms with Crippen molar-refractivity contribution in [1.29, 1.82) is 0 Å². The third kappa shape index (κ3) is 3.33. The number of carbonyl (C=O) groups excluding carboxylic acids is 2. The molecule has 1 amide bonds. The minimum absolute atomic E-state index is 0.155. The Morgan fingerprint density at radius 3 is 2.65 bits per heavy atom. The summed E-state index contributed by atoms with van der Waals surface area (Å²) in [6, 6.07) is 6.92. The van der Waals surface area contributed by atoms with E-state index < -0.39 is 5.97 Å². The van der Waals surface area contributed by atoms with Crippen LogP contribution in [0.4, 0.5) is 5.00 Å². The molecule has 1 atom stereocenters. The van der Waals surface area contributed by atoms with E-state index in [2.05, 4.69) is 28.2 Å². The zero-order chi connectivity index (χ0) is 16.6. The van der Waals surface area contributed by atoms with E-state index in [9.17, 15) is 14.7 Å². The second kappa shape index (κ2) is 6.45. The molecule has 0 bridgehead atoms. The number of benzene rings is 1. The van der Waals surface area contributed by atoms with Crippen molar-refractivity contribution in [1.82, 2.24) is 0 Å². The van der Waals surface area contributed by atoms with Crippen LogP contribution in [0.15, 0.2) is 28.7 Å². The number of nitrogens with one attached hydrogen (secondary N) is 1. The van der Waals surface area contributed by atoms with Crippen molar-refractivity contribution in [2.24, 2.45) is 5.92 Å². The number of carboxylic acids is 1. The van der Waals surface area contributed by atoms with Crippen LogP contribution in [0.5, 0.6) is 0 Å². The Bertz CT molecular complexity index is 767. The molecule has 0 saturated heterocycles. The molecule has 0 aliphatic heterocycles. The van der Waals surface area contributed by atoms with Crippen LogP contribution in [-0.2, 0) is 12.8 Å². The number of halogens is 1. The molecule has 2 aromatic rings. The standard InChI is InChI=1S/C17H16BrNO3S/c1-9-2-7-12-13(8-9)23-16(14(12)17(21)22)19-15(20)10-3-5-11(18)6-4-10/h3-6,9H,2,7-8H2,1H3,(H,19,20)(H,21,22)/p-1/t9-/m0/s1. The van der Waals surface area contributed by atoms with E-state index in [1.54, 1.807) is 24.3 Å². The molecule has 1 aliphatic carbocycles. The Labute approximate surface area is 146 Å². The minimum Gasteiger partial charge on any atom is -0.545 e. The van der Waals surface area contributed by atoms with Gasteiger partial charge in [0.2, 0.25) is 0 Å². The van der Waals surface area contributed by atoms with Gasteiger partial charge in [0.15, 0.2) is 0 Å². The number of amides is 1. The highest BCUT2D eigenvalue weighted by Gasteiger charge is 2.25. The first kappa shape index (κ1) is 16.2. The van der Waals surface area contributed by atoms with Crippen molar-refractivity contribution in [3.63, 3.8) is 0 Å². The first-order valence-corrected chi connectivity index (χ1v) is 8.99. The Kier molecular flexibility index (Phi) is 4.55. The van der Waals surface area contributed by atoms with Gasteiger partial charge in [0.05, 0.1) is 5.97 Å². The lowest BCUT2D eigenvalue weighted by atomic mass is 9.88. The van der Waals surface area contributed by atoms with Gasteiger partial charge in [-0.2, -0.15) is 0 Å². The van der Waals surface area contributed by atoms with Crippen molar-refractivity contribution >= 4 is 44.1 Å². The van der Waals surface area contributed by atoms with Crippen LogP contribution in [0.1, 0.15) is 44.5 Å². The van der Waals surface area contributed by atoms with Crippen LogP contribution in [0.3, 0.4) is 0 Å². The number of thiophene rings is 1. The molecule has 0 radical (unpaired) electrons. The van der Waals surface area contributed by atoms with Gasteiger partial charge in [-0.3, -0.25) is 4.79 Å². The van der Waals surface area contributed by atoms with Crippen molar-refractivity contribution in [3.8, 4) is 0 Å². The second-order valence-corrected chi connectivity index (χ2v) is 7.83. The van der Waals surface area contributed by atoms with Gasteiger partial charge in [-0.25, -0.2) is 0 Å². The van der Waals surface area contributed by atoms with Gasteiger partial charge in [-0.05, 0) is 55.0 Å². The molecular weight excluding hydrogens is 378 g/mol. The summed E-state index contributed by atoms with van der Waals surface area (Å²) >= 11 is 4.68. The van der Waals surface area contributed by atoms with Crippen LogP contribution in [-0.4, -0.2) is 11.9 Å². The first-order chi connectivity index (χ1) is 11.0. The van der Waals surface area contributed by atoms with Crippen molar-refractivity contribution in [2.45, 2.75) is 26.2 Å². The van der Waals surface area contributed by atoms with E-state index in [0.717, 1.165) is 34.2 Å². The molecule has 4 nitrogen and oxygen atoms in total. The molecule has 0 unspecified atom stereocenters. The zero-order valence-electron chi connectivity index (χ0n) is 12.5. The maximum absolute atomic E-state index is 12.3. The average molecular weight is 393 g/mol. The number of rotatable bonds is 3. The molecule has 1 heterocycles. The van der Waals surface area contributed by atoms with Gasteiger partial charge in [-0.1, -0.05) is 22.9 Å². The molecule has 0 spiro atoms. The van der Waals surface area contributed by atoms with E-state index in [4.69, 9.17) is 0 Å². The maximum atomic E-state index is 12.3. The fraction of sp³-hybridized carbons (Fsp3) is 0.294. The fourth-order valence-electron chi connectivity index (χ4n) is 2.83. The number of aromatic carboxylic acids is 1. The van der Waals surface area contributed by atoms with Crippen molar-refractivity contribution in [3.05, 3.63) is 50.3 Å². The second-order valence-electron chi connectivity index (χ2n) is 5.80. The predicted molar refractivity (Wildman–Crippen MR) is 91.9 cm³/mol. The van der Waals surface area contributed by atoms with Gasteiger partial charge in [0.25, 0.3) is 5.91 Å². The molecule has 1 aromatic heterocycles. The smallest absolute Gasteiger partial charge is 0.256 e. The Balaban J connectivity index is 1.92. The van der Waals surface area contributed by atoms with Crippen LogP contribution >= 0.6 is 27.3 Å². The van der Waals surface area contributed by atoms with Crippen LogP contribution < -0.4 is 10.4 Å². The molecule has 0 fully saturated rings. The topological polar surface area (TPSA) is 69.2 Å². The Morgan fingerprint density at radius 2 is 2.00 bits per heavy atom. The molecule has 120 valence electrons. The van der Waals surface area contributed by atoms with Crippen LogP contribution in [0.25, 0.3) is 0 Å². The summed E-state index contributed by atoms with van der Waals surface area (Å²) < 4.78 is 0.880. The van der Waals surface area contributed by atoms with E-state index in [0.29, 0.717) is 16.5 Å². The summed E-state index contributed by atoms with van der Waals surface area (Å²) in [6.45, 7) is 2.15. The summed E-state index contributed by atoms with van der Waals surface area (Å²) in [5.74, 6) is -0.999. The van der Waals surface area contributed by atoms with Gasteiger partial charge >= 0.3 is 0 Å². The maximum Gasteiger partial charge on any atom is 0.256 e. The Morgan fingerprint density at radius 1 is 1.30 bits per heavy atom. The van der Waals surface area contributed by atoms with Crippen molar-refractivity contribution < 1.29 is 14.7 Å². The van der Waals surface area contributed by atoms with Gasteiger partial charge in [-0.15, -0.1) is 11.3 Å². The van der Waals surface area contributed by atoms with Crippen LogP contribution in [0.2, 0.25) is 0 Å². The third-order valence-electron chi connectivity index (χ3n) is 4.05. The molecule has 3 rings (SSSR count). The summed E-state index contributed by atoms with van der Waals surface area (Å²) in [5.41, 5.74) is 1.47. The SMILES string of the molecule is C[C@H]1CCc2c(sc(NC(=O)c3ccc(Br)cc3)c2C(=O)[O-])C1. The lowest BCUT2D eigenvalue weighted by Gasteiger charge is -2.19. The minimum atomic E-state index is -1.22. The van der Waals surface area contributed by atoms with Gasteiger partial charge in [0.1, 0.15) is 5.00 Å². The molecule has 1 aromatic carbocycles. The highest BCUT2D eigenvalue weighted by Crippen LogP contribution is 2.39. The number of carbonyl (C=O) groups is 2. The quantitative estimate of drug-likeness (QED) is 0.871. The molecular formula is C17H15BrNO3S-. The lowest BCUT2D eigenvalue weighted by Crippen LogP contribution is -2.26. The highest BCUT2D eigenvalue weighted by molar-refractivity contribution is 9.10. The molecule has 0 saturated carbocycles. The van der Waals surface area contributed by atoms with Crippen LogP contribution in [0, 0.1) is 5.92 Å². The molecule has 1 N–H and O–H groups in total. The van der Waals surface area contributed by atoms with Crippen molar-refractivity contribution in [2.75, 3.05) is 5.32 Å². The number of hydrogen-bond acceptors (Lipinski definition) is 4. The van der Waals surface area contributed by atoms with E-state index in [-0.39, 0.29) is 11.5 Å². The largest absolute Gasteiger partial charge is 0.545 e. The number of fused-ring (bicyclic) bond motifs is 1. The van der Waals surface area contributed by atoms with E-state index in [1.165, 1.54) is 11.3 Å². The highest BCUT2D eigenvalue weighted by atomic mass is 79.9. The summed E-state index contributed by atoms with van der Waals surface area (Å²) in [6.07, 6.45) is 2.54. The van der Waals surface area contributed by atoms with Gasteiger partial charge in [0, 0.05) is 20.5 Å². The monoisotopic (exact) mass is 392 g/mol. The molecule has 23 heavy (non-hydrogen) atoms. The van der Waals surface area contributed by atoms with E-state index >= 15 is 0 Å². The summed E-state index contributed by atoms with van der Waals surface area (Å²) in [7, 11) is 0. The lowest BCUT2D eigenvalue weighted by molar-refractivity contribution is -0.254. The third-order valence-corrected chi connectivity index (χ3v) is 5.75. The average Bonchev–Trinajstić information content (AvgIpc) is 2.84. The number of carboxylic acid groups (broad SMARTS) is 1. The fourth-order valence-corrected chi connectivity index (χ4v) is 4.49. The normalized spacial score (nSPS) is 16.7.